The molecule has 1 aliphatic heterocycles. The maximum Gasteiger partial charge on any atom is 0.230 e. The molecule has 1 aliphatic carbocycles. The molecule has 0 aromatic heterocycles. The van der Waals surface area contributed by atoms with Gasteiger partial charge in [0.1, 0.15) is 0 Å². The first-order chi connectivity index (χ1) is 8.07. The Kier molecular flexibility index (Phi) is 3.73. The molecule has 1 amide bonds. The lowest BCUT2D eigenvalue weighted by molar-refractivity contribution is -0.150. The maximum absolute atomic E-state index is 12.6. The zero-order valence-corrected chi connectivity index (χ0v) is 10.9. The summed E-state index contributed by atoms with van der Waals surface area (Å²) in [5.41, 5.74) is 5.57. The molecule has 2 N–H and O–H groups in total. The highest BCUT2D eigenvalue weighted by molar-refractivity contribution is 5.84. The fourth-order valence-corrected chi connectivity index (χ4v) is 3.22. The lowest BCUT2D eigenvalue weighted by atomic mass is 9.62. The molecular formula is C13H24N2O2. The van der Waals surface area contributed by atoms with Gasteiger partial charge in [-0.15, -0.1) is 0 Å². The van der Waals surface area contributed by atoms with Crippen molar-refractivity contribution < 1.29 is 9.53 Å². The molecule has 4 heteroatoms. The Morgan fingerprint density at radius 1 is 1.47 bits per heavy atom. The highest BCUT2D eigenvalue weighted by Crippen LogP contribution is 2.46. The molecule has 1 heterocycles. The lowest BCUT2D eigenvalue weighted by Gasteiger charge is -2.46. The summed E-state index contributed by atoms with van der Waals surface area (Å²) < 4.78 is 5.58. The average molecular weight is 240 g/mol. The summed E-state index contributed by atoms with van der Waals surface area (Å²) in [5, 5.41) is 0. The van der Waals surface area contributed by atoms with E-state index in [0.29, 0.717) is 12.5 Å². The van der Waals surface area contributed by atoms with Gasteiger partial charge in [0, 0.05) is 26.2 Å². The molecule has 2 rings (SSSR count). The van der Waals surface area contributed by atoms with E-state index >= 15 is 0 Å². The Morgan fingerprint density at radius 2 is 2.18 bits per heavy atom. The normalized spacial score (nSPS) is 38.4. The zero-order chi connectivity index (χ0) is 12.5. The largest absolute Gasteiger partial charge is 0.377 e. The molecule has 1 saturated heterocycles. The SMILES string of the molecule is CC1CC(CN)(C(=O)N2CCCOC(C)C2)C1. The van der Waals surface area contributed by atoms with E-state index in [1.807, 2.05) is 11.8 Å². The van der Waals surface area contributed by atoms with Gasteiger partial charge in [0.25, 0.3) is 0 Å². The summed E-state index contributed by atoms with van der Waals surface area (Å²) in [6.07, 6.45) is 2.99. The lowest BCUT2D eigenvalue weighted by Crippen LogP contribution is -2.55. The van der Waals surface area contributed by atoms with Gasteiger partial charge < -0.3 is 15.4 Å². The average Bonchev–Trinajstić information content (AvgIpc) is 2.48. The summed E-state index contributed by atoms with van der Waals surface area (Å²) in [6, 6.07) is 0. The van der Waals surface area contributed by atoms with Crippen LogP contribution in [0, 0.1) is 11.3 Å². The minimum Gasteiger partial charge on any atom is -0.377 e. The van der Waals surface area contributed by atoms with Gasteiger partial charge >= 0.3 is 0 Å². The number of nitrogens with two attached hydrogens (primary N) is 1. The van der Waals surface area contributed by atoms with Gasteiger partial charge in [-0.2, -0.15) is 0 Å². The third-order valence-electron chi connectivity index (χ3n) is 4.06. The molecular weight excluding hydrogens is 216 g/mol. The van der Waals surface area contributed by atoms with Crippen molar-refractivity contribution in [2.24, 2.45) is 17.1 Å². The smallest absolute Gasteiger partial charge is 0.230 e. The van der Waals surface area contributed by atoms with E-state index in [2.05, 4.69) is 6.92 Å². The number of hydrogen-bond donors (Lipinski definition) is 1. The minimum atomic E-state index is -0.260. The van der Waals surface area contributed by atoms with Crippen LogP contribution in [0.2, 0.25) is 0 Å². The topological polar surface area (TPSA) is 55.6 Å². The Labute approximate surface area is 103 Å². The second-order valence-electron chi connectivity index (χ2n) is 5.78. The Hall–Kier alpha value is -0.610. The molecule has 1 saturated carbocycles. The zero-order valence-electron chi connectivity index (χ0n) is 10.9. The van der Waals surface area contributed by atoms with Gasteiger partial charge in [0.2, 0.25) is 5.91 Å². The van der Waals surface area contributed by atoms with E-state index in [0.717, 1.165) is 39.0 Å². The van der Waals surface area contributed by atoms with E-state index in [1.54, 1.807) is 0 Å². The van der Waals surface area contributed by atoms with Gasteiger partial charge in [-0.1, -0.05) is 6.92 Å². The fourth-order valence-electron chi connectivity index (χ4n) is 3.22. The number of ether oxygens (including phenoxy) is 1. The van der Waals surface area contributed by atoms with Gasteiger partial charge in [0.15, 0.2) is 0 Å². The molecule has 4 nitrogen and oxygen atoms in total. The summed E-state index contributed by atoms with van der Waals surface area (Å²) >= 11 is 0. The number of rotatable bonds is 2. The van der Waals surface area contributed by atoms with E-state index in [4.69, 9.17) is 10.5 Å². The number of nitrogens with zero attached hydrogens (tertiary/aromatic N) is 1. The Bertz CT molecular complexity index is 287. The first-order valence-corrected chi connectivity index (χ1v) is 6.68. The molecule has 0 aromatic carbocycles. The van der Waals surface area contributed by atoms with E-state index in [1.165, 1.54) is 0 Å². The van der Waals surface area contributed by atoms with Gasteiger partial charge in [0.05, 0.1) is 11.5 Å². The van der Waals surface area contributed by atoms with Crippen molar-refractivity contribution in [1.82, 2.24) is 4.90 Å². The van der Waals surface area contributed by atoms with Crippen LogP contribution in [0.4, 0.5) is 0 Å². The van der Waals surface area contributed by atoms with Crippen LogP contribution in [0.3, 0.4) is 0 Å². The Morgan fingerprint density at radius 3 is 2.76 bits per heavy atom. The maximum atomic E-state index is 12.6. The summed E-state index contributed by atoms with van der Waals surface area (Å²) in [7, 11) is 0. The molecule has 1 unspecified atom stereocenters. The van der Waals surface area contributed by atoms with Crippen molar-refractivity contribution in [2.45, 2.75) is 39.2 Å². The highest BCUT2D eigenvalue weighted by Gasteiger charge is 2.49. The molecule has 0 radical (unpaired) electrons. The highest BCUT2D eigenvalue weighted by atomic mass is 16.5. The predicted molar refractivity (Wildman–Crippen MR) is 66.5 cm³/mol. The number of amides is 1. The first kappa shape index (κ1) is 12.8. The van der Waals surface area contributed by atoms with E-state index in [9.17, 15) is 4.79 Å². The molecule has 0 aromatic rings. The molecule has 2 fully saturated rings. The van der Waals surface area contributed by atoms with Crippen LogP contribution in [-0.4, -0.2) is 43.2 Å². The molecule has 0 spiro atoms. The van der Waals surface area contributed by atoms with Crippen LogP contribution in [0.5, 0.6) is 0 Å². The van der Waals surface area contributed by atoms with E-state index < -0.39 is 0 Å². The van der Waals surface area contributed by atoms with Gasteiger partial charge in [-0.05, 0) is 32.1 Å². The molecule has 0 bridgehead atoms. The van der Waals surface area contributed by atoms with Crippen molar-refractivity contribution in [3.05, 3.63) is 0 Å². The second-order valence-corrected chi connectivity index (χ2v) is 5.78. The number of hydrogen-bond acceptors (Lipinski definition) is 3. The van der Waals surface area contributed by atoms with Crippen molar-refractivity contribution >= 4 is 5.91 Å². The first-order valence-electron chi connectivity index (χ1n) is 6.68. The molecule has 17 heavy (non-hydrogen) atoms. The van der Waals surface area contributed by atoms with Gasteiger partial charge in [-0.25, -0.2) is 0 Å². The Balaban J connectivity index is 2.02. The standard InChI is InChI=1S/C13H24N2O2/c1-10-6-13(7-10,9-14)12(16)15-4-3-5-17-11(2)8-15/h10-11H,3-9,14H2,1-2H3. The minimum absolute atomic E-state index is 0.147. The van der Waals surface area contributed by atoms with Crippen LogP contribution in [0.15, 0.2) is 0 Å². The van der Waals surface area contributed by atoms with Crippen LogP contribution in [-0.2, 0) is 9.53 Å². The number of carbonyl (C=O) groups excluding carboxylic acids is 1. The summed E-state index contributed by atoms with van der Waals surface area (Å²) in [5.74, 6) is 0.901. The third-order valence-corrected chi connectivity index (χ3v) is 4.06. The fraction of sp³-hybridized carbons (Fsp3) is 0.923. The van der Waals surface area contributed by atoms with Crippen LogP contribution in [0.1, 0.15) is 33.1 Å². The molecule has 98 valence electrons. The molecule has 1 atom stereocenters. The third kappa shape index (κ3) is 2.47. The second kappa shape index (κ2) is 4.94. The van der Waals surface area contributed by atoms with Crippen LogP contribution < -0.4 is 5.73 Å². The summed E-state index contributed by atoms with van der Waals surface area (Å²) in [6.45, 7) is 7.01. The number of carbonyl (C=O) groups is 1. The van der Waals surface area contributed by atoms with Crippen LogP contribution >= 0.6 is 0 Å². The quantitative estimate of drug-likeness (QED) is 0.783. The summed E-state index contributed by atoms with van der Waals surface area (Å²) in [4.78, 5) is 14.5. The van der Waals surface area contributed by atoms with Crippen molar-refractivity contribution in [3.63, 3.8) is 0 Å². The van der Waals surface area contributed by atoms with Crippen molar-refractivity contribution in [1.29, 1.82) is 0 Å². The predicted octanol–water partition coefficient (Wildman–Crippen LogP) is 0.999. The van der Waals surface area contributed by atoms with Crippen molar-refractivity contribution in [3.8, 4) is 0 Å². The van der Waals surface area contributed by atoms with Crippen LogP contribution in [0.25, 0.3) is 0 Å². The van der Waals surface area contributed by atoms with E-state index in [-0.39, 0.29) is 17.4 Å². The monoisotopic (exact) mass is 240 g/mol. The molecule has 2 aliphatic rings. The van der Waals surface area contributed by atoms with Crippen molar-refractivity contribution in [2.75, 3.05) is 26.2 Å². The van der Waals surface area contributed by atoms with Gasteiger partial charge in [-0.3, -0.25) is 4.79 Å².